The lowest BCUT2D eigenvalue weighted by Gasteiger charge is -2.15. The first-order valence-electron chi connectivity index (χ1n) is 8.19. The highest BCUT2D eigenvalue weighted by atomic mass is 16.5. The maximum absolute atomic E-state index is 10.9. The second-order valence-corrected chi connectivity index (χ2v) is 5.08. The van der Waals surface area contributed by atoms with Crippen LogP contribution in [0.2, 0.25) is 0 Å². The number of hydrogen-bond acceptors (Lipinski definition) is 9. The van der Waals surface area contributed by atoms with Crippen molar-refractivity contribution in [2.75, 3.05) is 73.7 Å². The van der Waals surface area contributed by atoms with Crippen LogP contribution in [0.5, 0.6) is 0 Å². The van der Waals surface area contributed by atoms with Crippen LogP contribution < -0.4 is 0 Å². The van der Waals surface area contributed by atoms with E-state index in [4.69, 9.17) is 18.9 Å². The van der Waals surface area contributed by atoms with Crippen molar-refractivity contribution in [3.8, 4) is 0 Å². The van der Waals surface area contributed by atoms with Gasteiger partial charge in [0, 0.05) is 5.92 Å². The van der Waals surface area contributed by atoms with Gasteiger partial charge in [0.15, 0.2) is 0 Å². The van der Waals surface area contributed by atoms with Crippen LogP contribution in [0.3, 0.4) is 0 Å². The summed E-state index contributed by atoms with van der Waals surface area (Å²) in [5, 5.41) is 9.26. The Morgan fingerprint density at radius 3 is 1.48 bits per heavy atom. The summed E-state index contributed by atoms with van der Waals surface area (Å²) in [6.45, 7) is 2.69. The molecule has 0 aliphatic rings. The summed E-state index contributed by atoms with van der Waals surface area (Å²) in [6, 6.07) is 0. The smallest absolute Gasteiger partial charge is 0.307 e. The van der Waals surface area contributed by atoms with E-state index in [0.29, 0.717) is 52.9 Å². The van der Waals surface area contributed by atoms with Crippen molar-refractivity contribution in [3.63, 3.8) is 0 Å². The third-order valence-corrected chi connectivity index (χ3v) is 3.07. The summed E-state index contributed by atoms with van der Waals surface area (Å²) in [6.07, 6.45) is 0.427. The summed E-state index contributed by atoms with van der Waals surface area (Å²) in [5.74, 6) is -0.759. The predicted molar refractivity (Wildman–Crippen MR) is 87.1 cm³/mol. The molecule has 0 aromatic rings. The van der Waals surface area contributed by atoms with Crippen LogP contribution in [-0.4, -0.2) is 90.7 Å². The molecule has 0 aliphatic heterocycles. The van der Waals surface area contributed by atoms with Gasteiger partial charge in [0.1, 0.15) is 0 Å². The van der Waals surface area contributed by atoms with Crippen LogP contribution in [0.25, 0.3) is 0 Å². The zero-order valence-corrected chi connectivity index (χ0v) is 15.1. The second kappa shape index (κ2) is 17.6. The molecule has 0 amide bonds. The molecule has 0 aromatic heterocycles. The summed E-state index contributed by atoms with van der Waals surface area (Å²) in [7, 11) is 2.66. The normalized spacial score (nSPS) is 10.9. The molecular weight excluding hydrogens is 336 g/mol. The van der Waals surface area contributed by atoms with E-state index in [2.05, 4.69) is 9.47 Å². The minimum atomic E-state index is -0.312. The molecule has 0 fully saturated rings. The fraction of sp³-hybridized carbons (Fsp3) is 0.875. The Labute approximate surface area is 148 Å². The van der Waals surface area contributed by atoms with Gasteiger partial charge in [0.25, 0.3) is 0 Å². The number of methoxy groups -OCH3 is 2. The summed E-state index contributed by atoms with van der Waals surface area (Å²) >= 11 is 0. The van der Waals surface area contributed by atoms with Crippen LogP contribution in [0, 0.1) is 5.92 Å². The maximum Gasteiger partial charge on any atom is 0.307 e. The van der Waals surface area contributed by atoms with E-state index in [-0.39, 0.29) is 37.3 Å². The molecule has 9 heteroatoms. The molecule has 25 heavy (non-hydrogen) atoms. The summed E-state index contributed by atoms with van der Waals surface area (Å²) in [5.41, 5.74) is 0. The van der Waals surface area contributed by atoms with Crippen molar-refractivity contribution in [3.05, 3.63) is 0 Å². The molecule has 1 N–H and O–H groups in total. The summed E-state index contributed by atoms with van der Waals surface area (Å²) in [4.78, 5) is 21.7. The van der Waals surface area contributed by atoms with E-state index in [1.807, 2.05) is 0 Å². The van der Waals surface area contributed by atoms with Gasteiger partial charge >= 0.3 is 11.9 Å². The fourth-order valence-corrected chi connectivity index (χ4v) is 1.61. The molecule has 0 spiro atoms. The van der Waals surface area contributed by atoms with Crippen molar-refractivity contribution < 1.29 is 43.1 Å². The third-order valence-electron chi connectivity index (χ3n) is 3.07. The lowest BCUT2D eigenvalue weighted by Crippen LogP contribution is -2.22. The first kappa shape index (κ1) is 23.7. The number of carbonyl (C=O) groups is 2. The van der Waals surface area contributed by atoms with Gasteiger partial charge in [-0.15, -0.1) is 0 Å². The topological polar surface area (TPSA) is 110 Å². The van der Waals surface area contributed by atoms with Crippen LogP contribution in [0.1, 0.15) is 12.8 Å². The van der Waals surface area contributed by atoms with Crippen molar-refractivity contribution in [1.29, 1.82) is 0 Å². The minimum absolute atomic E-state index is 0.0492. The van der Waals surface area contributed by atoms with Gasteiger partial charge in [-0.25, -0.2) is 0 Å². The Morgan fingerprint density at radius 2 is 1.12 bits per heavy atom. The number of esters is 2. The highest BCUT2D eigenvalue weighted by Gasteiger charge is 2.08. The molecule has 0 unspecified atom stereocenters. The zero-order chi connectivity index (χ0) is 18.8. The van der Waals surface area contributed by atoms with E-state index in [9.17, 15) is 14.7 Å². The van der Waals surface area contributed by atoms with Gasteiger partial charge in [-0.05, 0) is 0 Å². The molecule has 0 atom stereocenters. The number of aliphatic hydroxyl groups is 1. The van der Waals surface area contributed by atoms with Crippen molar-refractivity contribution in [1.82, 2.24) is 0 Å². The second-order valence-electron chi connectivity index (χ2n) is 5.08. The Morgan fingerprint density at radius 1 is 0.720 bits per heavy atom. The molecular formula is C16H30O9. The van der Waals surface area contributed by atoms with Gasteiger partial charge in [-0.3, -0.25) is 9.59 Å². The maximum atomic E-state index is 10.9. The number of ether oxygens (including phenoxy) is 6. The monoisotopic (exact) mass is 366 g/mol. The Kier molecular flexibility index (Phi) is 16.7. The van der Waals surface area contributed by atoms with Crippen molar-refractivity contribution in [2.45, 2.75) is 12.8 Å². The van der Waals surface area contributed by atoms with E-state index >= 15 is 0 Å². The largest absolute Gasteiger partial charge is 0.469 e. The number of rotatable bonds is 17. The number of carbonyl (C=O) groups excluding carboxylic acids is 2. The van der Waals surface area contributed by atoms with E-state index in [1.54, 1.807) is 0 Å². The first-order chi connectivity index (χ1) is 12.1. The van der Waals surface area contributed by atoms with Crippen LogP contribution in [0.4, 0.5) is 0 Å². The molecule has 148 valence electrons. The van der Waals surface area contributed by atoms with Gasteiger partial charge in [0.2, 0.25) is 0 Å². The molecule has 9 nitrogen and oxygen atoms in total. The molecule has 0 bridgehead atoms. The molecule has 0 radical (unpaired) electrons. The number of hydrogen-bond donors (Lipinski definition) is 1. The van der Waals surface area contributed by atoms with Crippen LogP contribution in [-0.2, 0) is 38.0 Å². The van der Waals surface area contributed by atoms with Gasteiger partial charge in [-0.2, -0.15) is 0 Å². The van der Waals surface area contributed by atoms with Crippen molar-refractivity contribution >= 4 is 11.9 Å². The molecule has 0 aromatic carbocycles. The molecule has 0 saturated heterocycles. The lowest BCUT2D eigenvalue weighted by molar-refractivity contribution is -0.142. The molecule has 0 heterocycles. The number of aliphatic hydroxyl groups excluding tert-OH is 1. The highest BCUT2D eigenvalue weighted by Crippen LogP contribution is 1.98. The average Bonchev–Trinajstić information content (AvgIpc) is 2.63. The molecule has 0 rings (SSSR count). The average molecular weight is 366 g/mol. The Bertz CT molecular complexity index is 306. The van der Waals surface area contributed by atoms with Gasteiger partial charge in [-0.1, -0.05) is 0 Å². The van der Waals surface area contributed by atoms with Gasteiger partial charge < -0.3 is 33.5 Å². The molecule has 0 saturated carbocycles. The van der Waals surface area contributed by atoms with Crippen LogP contribution in [0.15, 0.2) is 0 Å². The third kappa shape index (κ3) is 16.0. The molecule has 0 aliphatic carbocycles. The van der Waals surface area contributed by atoms with Crippen LogP contribution >= 0.6 is 0 Å². The van der Waals surface area contributed by atoms with Crippen molar-refractivity contribution in [2.24, 2.45) is 5.92 Å². The standard InChI is InChI=1S/C16H30O9/c1-20-15(18)3-5-22-7-9-24-12-14(11-17)13-25-10-8-23-6-4-16(19)21-2/h14,17H,3-13H2,1-2H3. The minimum Gasteiger partial charge on any atom is -0.469 e. The lowest BCUT2D eigenvalue weighted by atomic mass is 10.2. The fourth-order valence-electron chi connectivity index (χ4n) is 1.61. The quantitative estimate of drug-likeness (QED) is 0.276. The zero-order valence-electron chi connectivity index (χ0n) is 15.1. The predicted octanol–water partition coefficient (Wildman–Crippen LogP) is -0.212. The first-order valence-corrected chi connectivity index (χ1v) is 8.19. The Hall–Kier alpha value is -1.26. The van der Waals surface area contributed by atoms with E-state index in [0.717, 1.165) is 0 Å². The van der Waals surface area contributed by atoms with E-state index < -0.39 is 0 Å². The highest BCUT2D eigenvalue weighted by molar-refractivity contribution is 5.69. The van der Waals surface area contributed by atoms with Gasteiger partial charge in [0.05, 0.1) is 86.5 Å². The SMILES string of the molecule is COC(=O)CCOCCOCC(CO)COCCOCCC(=O)OC. The Balaban J connectivity index is 3.42. The summed E-state index contributed by atoms with van der Waals surface area (Å²) < 4.78 is 30.2. The van der Waals surface area contributed by atoms with E-state index in [1.165, 1.54) is 14.2 Å².